The molecule has 3 atom stereocenters. The van der Waals surface area contributed by atoms with Gasteiger partial charge in [0, 0.05) is 61.5 Å². The number of halogens is 1. The molecular weight excluding hydrogens is 638 g/mol. The summed E-state index contributed by atoms with van der Waals surface area (Å²) in [7, 11) is 3.99. The molecule has 11 heteroatoms. The van der Waals surface area contributed by atoms with E-state index in [9.17, 15) is 9.90 Å². The molecule has 8 rings (SSSR count). The summed E-state index contributed by atoms with van der Waals surface area (Å²) in [5.74, 6) is 0.223. The Labute approximate surface area is 291 Å². The number of piperazine rings is 1. The Morgan fingerprint density at radius 1 is 1.10 bits per heavy atom. The summed E-state index contributed by atoms with van der Waals surface area (Å²) in [5.41, 5.74) is 6.61. The van der Waals surface area contributed by atoms with Crippen molar-refractivity contribution in [2.45, 2.75) is 70.6 Å². The molecule has 0 saturated carbocycles. The molecule has 3 unspecified atom stereocenters. The standard InChI is InChI=1S/C38H44ClN7O3/c1-21(2)32-33(22(3)11-13-40-32)46-30-20-43(29-18-25(47)17-23-7-6-8-27(39)31(23)29)14-12-26(30)34-36(38(46)49)44(16-15-42(4)5)37(48)35-28-10-9-24(41-28)19-45(34)35/h6-8,11,13,17-18,21,24,28,35,41,47H,9-10,12,14-16,19-20H2,1-5H3. The number of phenols is 1. The van der Waals surface area contributed by atoms with E-state index in [0.717, 1.165) is 63.2 Å². The number of benzene rings is 2. The Kier molecular flexibility index (Phi) is 7.89. The van der Waals surface area contributed by atoms with E-state index in [-0.39, 0.29) is 41.3 Å². The van der Waals surface area contributed by atoms with Gasteiger partial charge in [0.2, 0.25) is 0 Å². The number of carbonyl (C=O) groups excluding carboxylic acids is 1. The minimum atomic E-state index is -0.356. The minimum absolute atomic E-state index is 0.00102. The highest BCUT2D eigenvalue weighted by Gasteiger charge is 2.51. The number of phenolic OH excluding ortho intramolecular Hbond substituents is 1. The molecule has 1 amide bonds. The van der Waals surface area contributed by atoms with Crippen molar-refractivity contribution in [3.05, 3.63) is 80.5 Å². The number of fused-ring (bicyclic) bond motifs is 9. The summed E-state index contributed by atoms with van der Waals surface area (Å²) >= 11 is 6.82. The van der Waals surface area contributed by atoms with Crippen LogP contribution in [-0.2, 0) is 17.8 Å². The Morgan fingerprint density at radius 3 is 2.69 bits per heavy atom. The van der Waals surface area contributed by atoms with Crippen LogP contribution in [0.4, 0.5) is 17.1 Å². The average molecular weight is 682 g/mol. The van der Waals surface area contributed by atoms with E-state index in [1.54, 1.807) is 17.0 Å². The average Bonchev–Trinajstić information content (AvgIpc) is 3.44. The third-order valence-corrected chi connectivity index (χ3v) is 11.2. The first-order chi connectivity index (χ1) is 23.5. The molecule has 2 aromatic carbocycles. The van der Waals surface area contributed by atoms with E-state index < -0.39 is 0 Å². The molecular formula is C38H44ClN7O3. The van der Waals surface area contributed by atoms with Crippen LogP contribution in [0.3, 0.4) is 0 Å². The molecule has 2 fully saturated rings. The molecule has 6 heterocycles. The lowest BCUT2D eigenvalue weighted by Crippen LogP contribution is -2.68. The first kappa shape index (κ1) is 32.1. The number of carbonyl (C=O) groups is 1. The van der Waals surface area contributed by atoms with Gasteiger partial charge in [0.05, 0.1) is 40.0 Å². The van der Waals surface area contributed by atoms with Crippen molar-refractivity contribution >= 4 is 45.3 Å². The molecule has 4 aliphatic rings. The van der Waals surface area contributed by atoms with Gasteiger partial charge in [0.15, 0.2) is 0 Å². The van der Waals surface area contributed by atoms with Crippen LogP contribution in [0.5, 0.6) is 5.75 Å². The number of amides is 1. The first-order valence-corrected chi connectivity index (χ1v) is 17.8. The predicted molar refractivity (Wildman–Crippen MR) is 196 cm³/mol. The number of aryl methyl sites for hydroxylation is 1. The second-order valence-electron chi connectivity index (χ2n) is 14.7. The van der Waals surface area contributed by atoms with Crippen LogP contribution in [0.2, 0.25) is 5.02 Å². The molecule has 256 valence electrons. The van der Waals surface area contributed by atoms with Gasteiger partial charge in [-0.05, 0) is 75.3 Å². The summed E-state index contributed by atoms with van der Waals surface area (Å²) in [5, 5.41) is 16.9. The summed E-state index contributed by atoms with van der Waals surface area (Å²) in [6, 6.07) is 11.2. The van der Waals surface area contributed by atoms with Crippen molar-refractivity contribution in [2.75, 3.05) is 55.0 Å². The maximum Gasteiger partial charge on any atom is 0.281 e. The zero-order valence-electron chi connectivity index (χ0n) is 28.8. The largest absolute Gasteiger partial charge is 0.508 e. The lowest BCUT2D eigenvalue weighted by atomic mass is 9.91. The van der Waals surface area contributed by atoms with Gasteiger partial charge >= 0.3 is 0 Å². The molecule has 4 aromatic rings. The van der Waals surface area contributed by atoms with E-state index >= 15 is 4.79 Å². The zero-order chi connectivity index (χ0) is 34.3. The molecule has 0 aliphatic carbocycles. The zero-order valence-corrected chi connectivity index (χ0v) is 29.6. The minimum Gasteiger partial charge on any atom is -0.508 e. The number of aromatic nitrogens is 2. The Balaban J connectivity index is 1.41. The summed E-state index contributed by atoms with van der Waals surface area (Å²) < 4.78 is 1.87. The van der Waals surface area contributed by atoms with Crippen LogP contribution < -0.4 is 25.6 Å². The number of hydrogen-bond acceptors (Lipinski definition) is 8. The molecule has 2 N–H and O–H groups in total. The Hall–Kier alpha value is -4.12. The number of pyridine rings is 2. The number of likely N-dealkylation sites (N-methyl/N-ethyl adjacent to an activating group) is 1. The van der Waals surface area contributed by atoms with Crippen molar-refractivity contribution < 1.29 is 9.90 Å². The number of anilines is 3. The predicted octanol–water partition coefficient (Wildman–Crippen LogP) is 4.96. The third kappa shape index (κ3) is 5.10. The highest BCUT2D eigenvalue weighted by Crippen LogP contribution is 2.46. The van der Waals surface area contributed by atoms with Crippen LogP contribution in [0, 0.1) is 6.92 Å². The van der Waals surface area contributed by atoms with Gasteiger partial charge in [-0.15, -0.1) is 0 Å². The highest BCUT2D eigenvalue weighted by atomic mass is 35.5. The molecule has 0 radical (unpaired) electrons. The molecule has 49 heavy (non-hydrogen) atoms. The second kappa shape index (κ2) is 12.0. The van der Waals surface area contributed by atoms with E-state index in [2.05, 4.69) is 33.9 Å². The van der Waals surface area contributed by atoms with Crippen LogP contribution in [0.25, 0.3) is 16.5 Å². The smallest absolute Gasteiger partial charge is 0.281 e. The quantitative estimate of drug-likeness (QED) is 0.295. The van der Waals surface area contributed by atoms with E-state index in [4.69, 9.17) is 16.6 Å². The summed E-state index contributed by atoms with van der Waals surface area (Å²) in [6.07, 6.45) is 4.42. The van der Waals surface area contributed by atoms with Crippen LogP contribution in [0.15, 0.2) is 47.4 Å². The Bertz CT molecular complexity index is 2060. The lowest BCUT2D eigenvalue weighted by molar-refractivity contribution is -0.121. The van der Waals surface area contributed by atoms with Gasteiger partial charge in [-0.1, -0.05) is 37.6 Å². The third-order valence-electron chi connectivity index (χ3n) is 10.9. The molecule has 4 aliphatic heterocycles. The fraction of sp³-hybridized carbons (Fsp3) is 0.447. The van der Waals surface area contributed by atoms with Gasteiger partial charge in [0.1, 0.15) is 17.5 Å². The van der Waals surface area contributed by atoms with E-state index in [1.807, 2.05) is 56.0 Å². The van der Waals surface area contributed by atoms with Gasteiger partial charge in [-0.2, -0.15) is 0 Å². The maximum absolute atomic E-state index is 15.4. The summed E-state index contributed by atoms with van der Waals surface area (Å²) in [6.45, 7) is 9.06. The molecule has 10 nitrogen and oxygen atoms in total. The van der Waals surface area contributed by atoms with Crippen LogP contribution >= 0.6 is 11.6 Å². The number of nitrogens with one attached hydrogen (secondary N) is 1. The monoisotopic (exact) mass is 681 g/mol. The van der Waals surface area contributed by atoms with E-state index in [1.165, 1.54) is 0 Å². The molecule has 2 aromatic heterocycles. The number of hydrogen-bond donors (Lipinski definition) is 2. The van der Waals surface area contributed by atoms with Gasteiger partial charge in [0.25, 0.3) is 11.5 Å². The van der Waals surface area contributed by atoms with Gasteiger partial charge < -0.3 is 30.0 Å². The van der Waals surface area contributed by atoms with Gasteiger partial charge in [-0.3, -0.25) is 19.1 Å². The van der Waals surface area contributed by atoms with Gasteiger partial charge in [-0.25, -0.2) is 0 Å². The van der Waals surface area contributed by atoms with Crippen molar-refractivity contribution in [3.8, 4) is 11.4 Å². The molecule has 0 spiro atoms. The van der Waals surface area contributed by atoms with Crippen LogP contribution in [-0.4, -0.2) is 83.9 Å². The fourth-order valence-corrected chi connectivity index (χ4v) is 8.97. The maximum atomic E-state index is 15.4. The highest BCUT2D eigenvalue weighted by molar-refractivity contribution is 6.36. The number of rotatable bonds is 6. The SMILES string of the molecule is Cc1ccnc(C(C)C)c1-n1c2c(c3c(c1=O)N(CCN(C)C)C(=O)C1C4CCC(CN31)N4)CCN(c1cc(O)cc3cccc(Cl)c13)C2. The van der Waals surface area contributed by atoms with Crippen LogP contribution in [0.1, 0.15) is 55.1 Å². The normalized spacial score (nSPS) is 21.5. The molecule has 2 saturated heterocycles. The number of nitrogens with zero attached hydrogens (tertiary/aromatic N) is 6. The van der Waals surface area contributed by atoms with Crippen molar-refractivity contribution in [1.29, 1.82) is 0 Å². The fourth-order valence-electron chi connectivity index (χ4n) is 8.69. The second-order valence-corrected chi connectivity index (χ2v) is 15.1. The molecule has 2 bridgehead atoms. The topological polar surface area (TPSA) is 97.2 Å². The first-order valence-electron chi connectivity index (χ1n) is 17.4. The Morgan fingerprint density at radius 2 is 1.92 bits per heavy atom. The van der Waals surface area contributed by atoms with Crippen molar-refractivity contribution in [3.63, 3.8) is 0 Å². The lowest BCUT2D eigenvalue weighted by Gasteiger charge is -2.50. The number of aromatic hydroxyl groups is 1. The van der Waals surface area contributed by atoms with Crippen molar-refractivity contribution in [1.82, 2.24) is 19.8 Å². The van der Waals surface area contributed by atoms with E-state index in [0.29, 0.717) is 49.9 Å². The summed E-state index contributed by atoms with van der Waals surface area (Å²) in [4.78, 5) is 43.2. The van der Waals surface area contributed by atoms with Crippen molar-refractivity contribution in [2.24, 2.45) is 0 Å².